The average molecular weight is 308 g/mol. The molecule has 0 amide bonds. The first-order chi connectivity index (χ1) is 10.1. The van der Waals surface area contributed by atoms with Crippen molar-refractivity contribution in [3.8, 4) is 6.07 Å². The van der Waals surface area contributed by atoms with Gasteiger partial charge in [0.05, 0.1) is 6.07 Å². The first-order valence-corrected chi connectivity index (χ1v) is 7.87. The molecule has 0 saturated heterocycles. The molecule has 1 fully saturated rings. The van der Waals surface area contributed by atoms with E-state index in [1.807, 2.05) is 6.07 Å². The number of Topliss-reactive ketones (excluding diaryl/α,β-unsaturated/α-hetero) is 1. The normalized spacial score (nSPS) is 17.2. The summed E-state index contributed by atoms with van der Waals surface area (Å²) in [5, 5.41) is 9.40. The monoisotopic (exact) mass is 307 g/mol. The van der Waals surface area contributed by atoms with Gasteiger partial charge in [0.25, 0.3) is 0 Å². The van der Waals surface area contributed by atoms with Gasteiger partial charge in [-0.2, -0.15) is 5.26 Å². The zero-order chi connectivity index (χ0) is 15.2. The van der Waals surface area contributed by atoms with E-state index in [-0.39, 0.29) is 10.8 Å². The molecule has 2 nitrogen and oxygen atoms in total. The molecule has 0 aliphatic heterocycles. The first-order valence-electron chi connectivity index (χ1n) is 7.49. The van der Waals surface area contributed by atoms with Gasteiger partial charge in [0.1, 0.15) is 11.7 Å². The molecule has 0 spiro atoms. The van der Waals surface area contributed by atoms with E-state index in [9.17, 15) is 14.4 Å². The molecule has 0 N–H and O–H groups in total. The van der Waals surface area contributed by atoms with Crippen LogP contribution in [-0.2, 0) is 4.79 Å². The molecule has 1 saturated carbocycles. The quantitative estimate of drug-likeness (QED) is 0.766. The van der Waals surface area contributed by atoms with Crippen LogP contribution in [0.25, 0.3) is 0 Å². The van der Waals surface area contributed by atoms with Crippen molar-refractivity contribution in [3.05, 3.63) is 34.6 Å². The van der Waals surface area contributed by atoms with Gasteiger partial charge in [0, 0.05) is 11.4 Å². The number of carbonyl (C=O) groups is 1. The third-order valence-corrected chi connectivity index (χ3v) is 4.58. The molecule has 2 rings (SSSR count). The molecule has 0 bridgehead atoms. The number of halogens is 2. The molecule has 0 aromatic heterocycles. The predicted octanol–water partition coefficient (Wildman–Crippen LogP) is 5.02. The van der Waals surface area contributed by atoms with E-state index in [1.54, 1.807) is 0 Å². The molecule has 1 atom stereocenters. The van der Waals surface area contributed by atoms with Crippen LogP contribution in [0.5, 0.6) is 0 Å². The number of rotatable bonds is 5. The third-order valence-electron chi connectivity index (χ3n) is 4.25. The first kappa shape index (κ1) is 16.0. The molecule has 1 aromatic rings. The largest absolute Gasteiger partial charge is 0.298 e. The second-order valence-electron chi connectivity index (χ2n) is 5.74. The van der Waals surface area contributed by atoms with E-state index < -0.39 is 11.7 Å². The van der Waals surface area contributed by atoms with Crippen molar-refractivity contribution >= 4 is 17.4 Å². The standard InChI is InChI=1S/C17H19ClFNO/c18-16-10-13(19)7-8-14(16)15(11-20)17(21)9-6-12-4-2-1-3-5-12/h7-8,10,12,15H,1-6,9H2. The summed E-state index contributed by atoms with van der Waals surface area (Å²) in [6, 6.07) is 5.83. The fourth-order valence-corrected chi connectivity index (χ4v) is 3.29. The number of benzene rings is 1. The molecule has 0 radical (unpaired) electrons. The Kier molecular flexibility index (Phi) is 5.76. The van der Waals surface area contributed by atoms with E-state index in [2.05, 4.69) is 0 Å². The van der Waals surface area contributed by atoms with Crippen molar-refractivity contribution in [3.63, 3.8) is 0 Å². The summed E-state index contributed by atoms with van der Waals surface area (Å²) >= 11 is 5.95. The molecule has 1 unspecified atom stereocenters. The Morgan fingerprint density at radius 1 is 1.38 bits per heavy atom. The lowest BCUT2D eigenvalue weighted by molar-refractivity contribution is -0.119. The zero-order valence-electron chi connectivity index (χ0n) is 11.9. The van der Waals surface area contributed by atoms with E-state index in [1.165, 1.54) is 44.2 Å². The van der Waals surface area contributed by atoms with Crippen molar-refractivity contribution in [2.75, 3.05) is 0 Å². The van der Waals surface area contributed by atoms with Crippen LogP contribution in [0.15, 0.2) is 18.2 Å². The van der Waals surface area contributed by atoms with E-state index in [4.69, 9.17) is 11.6 Å². The number of hydrogen-bond acceptors (Lipinski definition) is 2. The highest BCUT2D eigenvalue weighted by Crippen LogP contribution is 2.30. The third kappa shape index (κ3) is 4.28. The number of ketones is 1. The fraction of sp³-hybridized carbons (Fsp3) is 0.529. The van der Waals surface area contributed by atoms with Crippen LogP contribution in [0.4, 0.5) is 4.39 Å². The smallest absolute Gasteiger partial charge is 0.154 e. The Morgan fingerprint density at radius 3 is 2.71 bits per heavy atom. The SMILES string of the molecule is N#CC(C(=O)CCC1CCCCC1)c1ccc(F)cc1Cl. The van der Waals surface area contributed by atoms with Crippen molar-refractivity contribution in [2.45, 2.75) is 50.9 Å². The van der Waals surface area contributed by atoms with Crippen molar-refractivity contribution in [2.24, 2.45) is 5.92 Å². The predicted molar refractivity (Wildman–Crippen MR) is 80.6 cm³/mol. The second-order valence-corrected chi connectivity index (χ2v) is 6.14. The van der Waals surface area contributed by atoms with Gasteiger partial charge < -0.3 is 0 Å². The van der Waals surface area contributed by atoms with Gasteiger partial charge in [-0.3, -0.25) is 4.79 Å². The minimum absolute atomic E-state index is 0.114. The molecule has 1 aromatic carbocycles. The maximum Gasteiger partial charge on any atom is 0.154 e. The zero-order valence-corrected chi connectivity index (χ0v) is 12.7. The van der Waals surface area contributed by atoms with Crippen molar-refractivity contribution in [1.82, 2.24) is 0 Å². The van der Waals surface area contributed by atoms with Crippen LogP contribution in [-0.4, -0.2) is 5.78 Å². The highest BCUT2D eigenvalue weighted by molar-refractivity contribution is 6.31. The summed E-state index contributed by atoms with van der Waals surface area (Å²) in [5.74, 6) is -0.862. The minimum Gasteiger partial charge on any atom is -0.298 e. The van der Waals surface area contributed by atoms with Gasteiger partial charge in [0.2, 0.25) is 0 Å². The summed E-state index contributed by atoms with van der Waals surface area (Å²) in [6.07, 6.45) is 7.38. The van der Waals surface area contributed by atoms with Gasteiger partial charge in [-0.05, 0) is 30.0 Å². The summed E-state index contributed by atoms with van der Waals surface area (Å²) in [4.78, 5) is 12.3. The van der Waals surface area contributed by atoms with Crippen LogP contribution >= 0.6 is 11.6 Å². The minimum atomic E-state index is -0.887. The molecule has 112 valence electrons. The van der Waals surface area contributed by atoms with Crippen LogP contribution in [0.3, 0.4) is 0 Å². The van der Waals surface area contributed by atoms with Crippen molar-refractivity contribution in [1.29, 1.82) is 5.26 Å². The van der Waals surface area contributed by atoms with Crippen molar-refractivity contribution < 1.29 is 9.18 Å². The maximum absolute atomic E-state index is 13.1. The number of hydrogen-bond donors (Lipinski definition) is 0. The van der Waals surface area contributed by atoms with Gasteiger partial charge in [-0.25, -0.2) is 4.39 Å². The Labute approximate surface area is 129 Å². The van der Waals surface area contributed by atoms with Gasteiger partial charge in [-0.15, -0.1) is 0 Å². The van der Waals surface area contributed by atoms with E-state index >= 15 is 0 Å². The summed E-state index contributed by atoms with van der Waals surface area (Å²) in [6.45, 7) is 0. The van der Waals surface area contributed by atoms with E-state index in [0.29, 0.717) is 17.9 Å². The highest BCUT2D eigenvalue weighted by Gasteiger charge is 2.24. The Balaban J connectivity index is 1.99. The lowest BCUT2D eigenvalue weighted by Gasteiger charge is -2.21. The molecule has 1 aliphatic rings. The molecule has 0 heterocycles. The summed E-state index contributed by atoms with van der Waals surface area (Å²) < 4.78 is 13.1. The van der Waals surface area contributed by atoms with Gasteiger partial charge in [-0.1, -0.05) is 49.8 Å². The molecular formula is C17H19ClFNO. The van der Waals surface area contributed by atoms with Gasteiger partial charge >= 0.3 is 0 Å². The molecular weight excluding hydrogens is 289 g/mol. The van der Waals surface area contributed by atoms with Crippen LogP contribution in [0, 0.1) is 23.1 Å². The number of carbonyl (C=O) groups excluding carboxylic acids is 1. The van der Waals surface area contributed by atoms with E-state index in [0.717, 1.165) is 12.5 Å². The molecule has 21 heavy (non-hydrogen) atoms. The average Bonchev–Trinajstić information content (AvgIpc) is 2.49. The maximum atomic E-state index is 13.1. The Bertz CT molecular complexity index is 546. The molecule has 1 aliphatic carbocycles. The van der Waals surface area contributed by atoms with Gasteiger partial charge in [0.15, 0.2) is 5.78 Å². The topological polar surface area (TPSA) is 40.9 Å². The lowest BCUT2D eigenvalue weighted by atomic mass is 9.84. The summed E-state index contributed by atoms with van der Waals surface area (Å²) in [5.41, 5.74) is 0.411. The fourth-order valence-electron chi connectivity index (χ4n) is 3.02. The van der Waals surface area contributed by atoms with Crippen LogP contribution in [0.2, 0.25) is 5.02 Å². The van der Waals surface area contributed by atoms with Crippen LogP contribution in [0.1, 0.15) is 56.4 Å². The number of nitrogens with zero attached hydrogens (tertiary/aromatic N) is 1. The summed E-state index contributed by atoms with van der Waals surface area (Å²) in [7, 11) is 0. The Hall–Kier alpha value is -1.40. The highest BCUT2D eigenvalue weighted by atomic mass is 35.5. The molecule has 4 heteroatoms. The second kappa shape index (κ2) is 7.56. The Morgan fingerprint density at radius 2 is 2.10 bits per heavy atom. The van der Waals surface area contributed by atoms with Crippen LogP contribution < -0.4 is 0 Å². The number of nitriles is 1. The lowest BCUT2D eigenvalue weighted by Crippen LogP contribution is -2.14.